The highest BCUT2D eigenvalue weighted by Crippen LogP contribution is 2.40. The largest absolute Gasteiger partial charge is 0.494 e. The second kappa shape index (κ2) is 7.43. The van der Waals surface area contributed by atoms with E-state index in [0.29, 0.717) is 29.4 Å². The van der Waals surface area contributed by atoms with Crippen LogP contribution in [0.4, 0.5) is 0 Å². The van der Waals surface area contributed by atoms with Gasteiger partial charge in [-0.2, -0.15) is 0 Å². The van der Waals surface area contributed by atoms with E-state index in [4.69, 9.17) is 9.47 Å². The van der Waals surface area contributed by atoms with Gasteiger partial charge in [-0.25, -0.2) is 8.42 Å². The number of methoxy groups -OCH3 is 2. The Kier molecular flexibility index (Phi) is 6.21. The lowest BCUT2D eigenvalue weighted by Crippen LogP contribution is -2.04. The number of halogens is 4. The minimum absolute atomic E-state index is 0.140. The zero-order valence-corrected chi connectivity index (χ0v) is 19.0. The van der Waals surface area contributed by atoms with Gasteiger partial charge in [0.15, 0.2) is 0 Å². The highest BCUT2D eigenvalue weighted by Gasteiger charge is 2.23. The quantitative estimate of drug-likeness (QED) is 0.464. The van der Waals surface area contributed by atoms with Crippen molar-refractivity contribution in [2.45, 2.75) is 9.79 Å². The van der Waals surface area contributed by atoms with Crippen LogP contribution >= 0.6 is 63.7 Å². The number of benzene rings is 2. The molecule has 4 nitrogen and oxygen atoms in total. The molecule has 0 aliphatic heterocycles. The monoisotopic (exact) mass is 590 g/mol. The number of rotatable bonds is 4. The van der Waals surface area contributed by atoms with Gasteiger partial charge in [0, 0.05) is 0 Å². The highest BCUT2D eigenvalue weighted by molar-refractivity contribution is 9.11. The molecule has 9 heteroatoms. The van der Waals surface area contributed by atoms with E-state index in [1.807, 2.05) is 0 Å². The predicted octanol–water partition coefficient (Wildman–Crippen LogP) is 5.59. The maximum absolute atomic E-state index is 12.9. The molecule has 2 aromatic carbocycles. The van der Waals surface area contributed by atoms with Crippen LogP contribution in [-0.2, 0) is 9.84 Å². The summed E-state index contributed by atoms with van der Waals surface area (Å²) in [7, 11) is -0.689. The molecule has 0 aliphatic carbocycles. The fraction of sp³-hybridized carbons (Fsp3) is 0.143. The molecular formula is C14H10Br4O4S. The summed E-state index contributed by atoms with van der Waals surface area (Å²) in [6, 6.07) is 6.02. The minimum atomic E-state index is -3.71. The topological polar surface area (TPSA) is 52.6 Å². The Morgan fingerprint density at radius 1 is 0.696 bits per heavy atom. The lowest BCUT2D eigenvalue weighted by Gasteiger charge is -2.12. The molecule has 23 heavy (non-hydrogen) atoms. The number of hydrogen-bond donors (Lipinski definition) is 0. The van der Waals surface area contributed by atoms with Gasteiger partial charge in [0.1, 0.15) is 11.5 Å². The van der Waals surface area contributed by atoms with Gasteiger partial charge in [-0.3, -0.25) is 0 Å². The summed E-state index contributed by atoms with van der Waals surface area (Å²) in [4.78, 5) is 0.280. The van der Waals surface area contributed by atoms with Crippen LogP contribution in [0.25, 0.3) is 0 Å². The molecule has 0 aromatic heterocycles. The number of sulfone groups is 1. The molecule has 0 radical (unpaired) electrons. The molecule has 0 bridgehead atoms. The Balaban J connectivity index is 2.64. The minimum Gasteiger partial charge on any atom is -0.494 e. The molecular weight excluding hydrogens is 584 g/mol. The first-order valence-electron chi connectivity index (χ1n) is 6.03. The Morgan fingerprint density at radius 2 is 0.957 bits per heavy atom. The van der Waals surface area contributed by atoms with Crippen LogP contribution in [0.1, 0.15) is 0 Å². The molecule has 0 unspecified atom stereocenters. The summed E-state index contributed by atoms with van der Waals surface area (Å²) in [5, 5.41) is 0. The first-order chi connectivity index (χ1) is 10.7. The van der Waals surface area contributed by atoms with Crippen LogP contribution in [0, 0.1) is 0 Å². The van der Waals surface area contributed by atoms with Gasteiger partial charge in [-0.1, -0.05) is 0 Å². The normalized spacial score (nSPS) is 11.4. The zero-order chi connectivity index (χ0) is 17.4. The fourth-order valence-electron chi connectivity index (χ4n) is 1.91. The van der Waals surface area contributed by atoms with Gasteiger partial charge in [-0.15, -0.1) is 0 Å². The van der Waals surface area contributed by atoms with Crippen LogP contribution < -0.4 is 9.47 Å². The molecule has 0 spiro atoms. The Hall–Kier alpha value is -0.0900. The van der Waals surface area contributed by atoms with Crippen molar-refractivity contribution < 1.29 is 17.9 Å². The standard InChI is InChI=1S/C14H10Br4O4S/c1-21-13-9(15)3-7(4-10(13)16)23(19,20)8-5-11(17)14(22-2)12(18)6-8/h3-6H,1-2H3. The summed E-state index contributed by atoms with van der Waals surface area (Å²) < 4.78 is 38.3. The van der Waals surface area contributed by atoms with Crippen LogP contribution in [0.3, 0.4) is 0 Å². The average molecular weight is 594 g/mol. The van der Waals surface area contributed by atoms with E-state index < -0.39 is 9.84 Å². The predicted molar refractivity (Wildman–Crippen MR) is 102 cm³/mol. The van der Waals surface area contributed by atoms with Gasteiger partial charge in [0.05, 0.1) is 41.9 Å². The van der Waals surface area contributed by atoms with Crippen molar-refractivity contribution >= 4 is 73.6 Å². The molecule has 0 amide bonds. The van der Waals surface area contributed by atoms with E-state index in [-0.39, 0.29) is 9.79 Å². The third kappa shape index (κ3) is 3.78. The number of ether oxygens (including phenoxy) is 2. The van der Waals surface area contributed by atoms with E-state index in [1.165, 1.54) is 38.5 Å². The van der Waals surface area contributed by atoms with Gasteiger partial charge in [0.25, 0.3) is 0 Å². The van der Waals surface area contributed by atoms with E-state index in [2.05, 4.69) is 63.7 Å². The molecule has 0 N–H and O–H groups in total. The van der Waals surface area contributed by atoms with E-state index >= 15 is 0 Å². The van der Waals surface area contributed by atoms with Crippen molar-refractivity contribution in [1.29, 1.82) is 0 Å². The van der Waals surface area contributed by atoms with Crippen LogP contribution in [0.2, 0.25) is 0 Å². The van der Waals surface area contributed by atoms with Crippen molar-refractivity contribution in [3.63, 3.8) is 0 Å². The molecule has 0 atom stereocenters. The summed E-state index contributed by atoms with van der Waals surface area (Å²) in [5.41, 5.74) is 0. The van der Waals surface area contributed by atoms with E-state index in [0.717, 1.165) is 0 Å². The maximum atomic E-state index is 12.9. The molecule has 124 valence electrons. The average Bonchev–Trinajstić information content (AvgIpc) is 2.46. The number of hydrogen-bond acceptors (Lipinski definition) is 4. The molecule has 0 aliphatic rings. The van der Waals surface area contributed by atoms with Crippen molar-refractivity contribution in [2.24, 2.45) is 0 Å². The SMILES string of the molecule is COc1c(Br)cc(S(=O)(=O)c2cc(Br)c(OC)c(Br)c2)cc1Br. The summed E-state index contributed by atoms with van der Waals surface area (Å²) in [5.74, 6) is 1.06. The molecule has 0 saturated carbocycles. The highest BCUT2D eigenvalue weighted by atomic mass is 79.9. The zero-order valence-electron chi connectivity index (χ0n) is 11.9. The lowest BCUT2D eigenvalue weighted by molar-refractivity contribution is 0.409. The third-order valence-corrected chi connectivity index (χ3v) is 7.04. The van der Waals surface area contributed by atoms with Crippen molar-refractivity contribution in [1.82, 2.24) is 0 Å². The maximum Gasteiger partial charge on any atom is 0.206 e. The van der Waals surface area contributed by atoms with Gasteiger partial charge < -0.3 is 9.47 Å². The van der Waals surface area contributed by atoms with Crippen molar-refractivity contribution in [2.75, 3.05) is 14.2 Å². The van der Waals surface area contributed by atoms with Gasteiger partial charge in [-0.05, 0) is 88.0 Å². The second-order valence-electron chi connectivity index (χ2n) is 4.34. The van der Waals surface area contributed by atoms with Crippen LogP contribution in [-0.4, -0.2) is 22.6 Å². The Labute approximate surface area is 168 Å². The van der Waals surface area contributed by atoms with Gasteiger partial charge >= 0.3 is 0 Å². The molecule has 0 saturated heterocycles. The molecule has 0 fully saturated rings. The third-order valence-electron chi connectivity index (χ3n) is 2.97. The van der Waals surface area contributed by atoms with Crippen LogP contribution in [0.5, 0.6) is 11.5 Å². The smallest absolute Gasteiger partial charge is 0.206 e. The summed E-state index contributed by atoms with van der Waals surface area (Å²) in [6.07, 6.45) is 0. The van der Waals surface area contributed by atoms with Gasteiger partial charge in [0.2, 0.25) is 9.84 Å². The summed E-state index contributed by atoms with van der Waals surface area (Å²) in [6.45, 7) is 0. The van der Waals surface area contributed by atoms with Crippen molar-refractivity contribution in [3.05, 3.63) is 42.2 Å². The Morgan fingerprint density at radius 3 is 1.17 bits per heavy atom. The van der Waals surface area contributed by atoms with Crippen molar-refractivity contribution in [3.8, 4) is 11.5 Å². The van der Waals surface area contributed by atoms with E-state index in [9.17, 15) is 8.42 Å². The molecule has 2 aromatic rings. The first-order valence-corrected chi connectivity index (χ1v) is 10.7. The lowest BCUT2D eigenvalue weighted by atomic mass is 10.3. The van der Waals surface area contributed by atoms with E-state index in [1.54, 1.807) is 0 Å². The van der Waals surface area contributed by atoms with Crippen LogP contribution in [0.15, 0.2) is 51.9 Å². The first kappa shape index (κ1) is 19.2. The molecule has 2 rings (SSSR count). The molecule has 0 heterocycles. The second-order valence-corrected chi connectivity index (χ2v) is 9.71. The summed E-state index contributed by atoms with van der Waals surface area (Å²) >= 11 is 13.3. The fourth-order valence-corrected chi connectivity index (χ4v) is 6.90. The Bertz CT molecular complexity index is 754.